The minimum Gasteiger partial charge on any atom is -0.389 e. The number of benzene rings is 1. The summed E-state index contributed by atoms with van der Waals surface area (Å²) in [5.41, 5.74) is 6.71. The maximum atomic E-state index is 14.0. The van der Waals surface area contributed by atoms with Crippen LogP contribution in [-0.4, -0.2) is 42.6 Å². The molecule has 1 aliphatic heterocycles. The second-order valence-corrected chi connectivity index (χ2v) is 5.63. The number of nitrogens with two attached hydrogens (primary N) is 1. The van der Waals surface area contributed by atoms with Gasteiger partial charge in [0.2, 0.25) is 0 Å². The van der Waals surface area contributed by atoms with Crippen LogP contribution >= 0.6 is 12.2 Å². The first kappa shape index (κ1) is 14.2. The largest absolute Gasteiger partial charge is 0.389 e. The molecule has 0 radical (unpaired) electrons. The van der Waals surface area contributed by atoms with Crippen LogP contribution in [0.3, 0.4) is 0 Å². The van der Waals surface area contributed by atoms with Crippen LogP contribution in [-0.2, 0) is 0 Å². The van der Waals surface area contributed by atoms with Crippen LogP contribution in [0.5, 0.6) is 0 Å². The number of anilines is 1. The Kier molecular flexibility index (Phi) is 4.37. The third-order valence-electron chi connectivity index (χ3n) is 3.60. The maximum Gasteiger partial charge on any atom is 0.135 e. The Morgan fingerprint density at radius 3 is 2.79 bits per heavy atom. The maximum absolute atomic E-state index is 14.0. The molecule has 1 aliphatic rings. The predicted octanol–water partition coefficient (Wildman–Crippen LogP) is 1.99. The summed E-state index contributed by atoms with van der Waals surface area (Å²) in [6.45, 7) is 5.17. The molecule has 0 aromatic heterocycles. The summed E-state index contributed by atoms with van der Waals surface area (Å²) in [5, 5.41) is 0. The van der Waals surface area contributed by atoms with Crippen molar-refractivity contribution < 1.29 is 4.39 Å². The van der Waals surface area contributed by atoms with E-state index in [9.17, 15) is 4.39 Å². The van der Waals surface area contributed by atoms with E-state index in [1.165, 1.54) is 6.07 Å². The van der Waals surface area contributed by atoms with Crippen molar-refractivity contribution in [2.24, 2.45) is 5.73 Å². The molecule has 5 heteroatoms. The first-order chi connectivity index (χ1) is 8.99. The van der Waals surface area contributed by atoms with Gasteiger partial charge in [0.25, 0.3) is 0 Å². The van der Waals surface area contributed by atoms with Gasteiger partial charge in [-0.2, -0.15) is 0 Å². The lowest BCUT2D eigenvalue weighted by atomic mass is 10.1. The summed E-state index contributed by atoms with van der Waals surface area (Å²) in [7, 11) is 2.12. The van der Waals surface area contributed by atoms with Crippen molar-refractivity contribution in [3.63, 3.8) is 0 Å². The normalized spacial score (nSPS) is 21.2. The molecule has 0 spiro atoms. The van der Waals surface area contributed by atoms with Crippen LogP contribution in [0.1, 0.15) is 18.9 Å². The number of nitrogens with zero attached hydrogens (tertiary/aromatic N) is 2. The minimum absolute atomic E-state index is 0.104. The summed E-state index contributed by atoms with van der Waals surface area (Å²) < 4.78 is 14.0. The number of rotatable bonds is 2. The molecule has 1 aromatic carbocycles. The van der Waals surface area contributed by atoms with Crippen LogP contribution in [0.25, 0.3) is 0 Å². The van der Waals surface area contributed by atoms with Gasteiger partial charge in [-0.15, -0.1) is 0 Å². The quantitative estimate of drug-likeness (QED) is 0.840. The van der Waals surface area contributed by atoms with Crippen LogP contribution in [0, 0.1) is 5.82 Å². The van der Waals surface area contributed by atoms with Gasteiger partial charge in [-0.25, -0.2) is 4.39 Å². The molecule has 1 unspecified atom stereocenters. The van der Waals surface area contributed by atoms with Crippen LogP contribution < -0.4 is 10.6 Å². The van der Waals surface area contributed by atoms with Gasteiger partial charge < -0.3 is 15.5 Å². The molecular weight excluding hydrogens is 261 g/mol. The molecule has 1 heterocycles. The van der Waals surface area contributed by atoms with E-state index in [-0.39, 0.29) is 10.8 Å². The van der Waals surface area contributed by atoms with Crippen LogP contribution in [0.2, 0.25) is 0 Å². The fourth-order valence-corrected chi connectivity index (χ4v) is 2.80. The molecule has 0 bridgehead atoms. The van der Waals surface area contributed by atoms with Crippen molar-refractivity contribution in [2.75, 3.05) is 31.6 Å². The highest BCUT2D eigenvalue weighted by Gasteiger charge is 2.20. The number of hydrogen-bond donors (Lipinski definition) is 1. The first-order valence-electron chi connectivity index (χ1n) is 6.53. The molecular formula is C14H20FN3S. The molecule has 3 nitrogen and oxygen atoms in total. The fourth-order valence-electron chi connectivity index (χ4n) is 2.64. The SMILES string of the molecule is CC1CN(C)CCCN1c1ccc(C(N)=S)c(F)c1. The standard InChI is InChI=1S/C14H20FN3S/c1-10-9-17(2)6-3-7-18(10)11-4-5-12(14(16)19)13(15)8-11/h4-5,8,10H,3,6-7,9H2,1-2H3,(H2,16,19). The average Bonchev–Trinajstić information content (AvgIpc) is 2.49. The number of halogens is 1. The topological polar surface area (TPSA) is 32.5 Å². The first-order valence-corrected chi connectivity index (χ1v) is 6.94. The van der Waals surface area contributed by atoms with Gasteiger partial charge in [0.05, 0.1) is 0 Å². The molecule has 2 rings (SSSR count). The van der Waals surface area contributed by atoms with Crippen molar-refractivity contribution in [1.82, 2.24) is 4.90 Å². The van der Waals surface area contributed by atoms with E-state index in [1.54, 1.807) is 6.07 Å². The third-order valence-corrected chi connectivity index (χ3v) is 3.82. The van der Waals surface area contributed by atoms with Crippen molar-refractivity contribution in [3.05, 3.63) is 29.6 Å². The molecule has 1 atom stereocenters. The van der Waals surface area contributed by atoms with E-state index in [2.05, 4.69) is 23.8 Å². The van der Waals surface area contributed by atoms with E-state index in [0.717, 1.165) is 31.7 Å². The highest BCUT2D eigenvalue weighted by molar-refractivity contribution is 7.80. The Morgan fingerprint density at radius 2 is 2.16 bits per heavy atom. The van der Waals surface area contributed by atoms with E-state index in [0.29, 0.717) is 11.6 Å². The van der Waals surface area contributed by atoms with Crippen LogP contribution in [0.15, 0.2) is 18.2 Å². The Bertz CT molecular complexity index is 478. The molecule has 1 aromatic rings. The lowest BCUT2D eigenvalue weighted by molar-refractivity contribution is 0.337. The van der Waals surface area contributed by atoms with Gasteiger partial charge in [-0.1, -0.05) is 12.2 Å². The number of likely N-dealkylation sites (N-methyl/N-ethyl adjacent to an activating group) is 1. The third kappa shape index (κ3) is 3.22. The molecule has 104 valence electrons. The minimum atomic E-state index is -0.338. The van der Waals surface area contributed by atoms with E-state index < -0.39 is 0 Å². The Labute approximate surface area is 119 Å². The molecule has 0 amide bonds. The lowest BCUT2D eigenvalue weighted by Gasteiger charge is -2.30. The number of hydrogen-bond acceptors (Lipinski definition) is 3. The molecule has 2 N–H and O–H groups in total. The summed E-state index contributed by atoms with van der Waals surface area (Å²) in [6.07, 6.45) is 1.08. The second-order valence-electron chi connectivity index (χ2n) is 5.19. The van der Waals surface area contributed by atoms with E-state index >= 15 is 0 Å². The van der Waals surface area contributed by atoms with Gasteiger partial charge in [-0.05, 0) is 45.1 Å². The summed E-state index contributed by atoms with van der Waals surface area (Å²) >= 11 is 4.83. The smallest absolute Gasteiger partial charge is 0.135 e. The van der Waals surface area contributed by atoms with Crippen LogP contribution in [0.4, 0.5) is 10.1 Å². The van der Waals surface area contributed by atoms with Crippen molar-refractivity contribution in [3.8, 4) is 0 Å². The van der Waals surface area contributed by atoms with Gasteiger partial charge in [0.1, 0.15) is 10.8 Å². The van der Waals surface area contributed by atoms with Crippen molar-refractivity contribution in [2.45, 2.75) is 19.4 Å². The summed E-state index contributed by atoms with van der Waals surface area (Å²) in [4.78, 5) is 4.66. The van der Waals surface area contributed by atoms with Crippen molar-refractivity contribution >= 4 is 22.9 Å². The van der Waals surface area contributed by atoms with Crippen molar-refractivity contribution in [1.29, 1.82) is 0 Å². The average molecular weight is 281 g/mol. The predicted molar refractivity (Wildman–Crippen MR) is 81.2 cm³/mol. The summed E-state index contributed by atoms with van der Waals surface area (Å²) in [6, 6.07) is 5.48. The zero-order valence-electron chi connectivity index (χ0n) is 11.4. The fraction of sp³-hybridized carbons (Fsp3) is 0.500. The molecule has 1 saturated heterocycles. The molecule has 0 aliphatic carbocycles. The Balaban J connectivity index is 2.25. The lowest BCUT2D eigenvalue weighted by Crippen LogP contribution is -2.38. The number of thiocarbonyl (C=S) groups is 1. The van der Waals surface area contributed by atoms with E-state index in [4.69, 9.17) is 18.0 Å². The highest BCUT2D eigenvalue weighted by Crippen LogP contribution is 2.23. The molecule has 1 fully saturated rings. The molecule has 0 saturated carbocycles. The van der Waals surface area contributed by atoms with E-state index in [1.807, 2.05) is 6.07 Å². The van der Waals surface area contributed by atoms with Gasteiger partial charge in [0, 0.05) is 30.4 Å². The molecule has 19 heavy (non-hydrogen) atoms. The second kappa shape index (κ2) is 5.84. The monoisotopic (exact) mass is 281 g/mol. The Morgan fingerprint density at radius 1 is 1.42 bits per heavy atom. The highest BCUT2D eigenvalue weighted by atomic mass is 32.1. The van der Waals surface area contributed by atoms with Gasteiger partial charge in [-0.3, -0.25) is 0 Å². The zero-order valence-corrected chi connectivity index (χ0v) is 12.2. The Hall–Kier alpha value is -1.20. The zero-order chi connectivity index (χ0) is 14.0. The van der Waals surface area contributed by atoms with Gasteiger partial charge >= 0.3 is 0 Å². The summed E-state index contributed by atoms with van der Waals surface area (Å²) in [5.74, 6) is -0.338. The van der Waals surface area contributed by atoms with Gasteiger partial charge in [0.15, 0.2) is 0 Å².